The lowest BCUT2D eigenvalue weighted by Crippen LogP contribution is -2.30. The molecule has 6 heteroatoms. The van der Waals surface area contributed by atoms with Crippen molar-refractivity contribution in [3.8, 4) is 17.5 Å². The highest BCUT2D eigenvalue weighted by molar-refractivity contribution is 5.41. The zero-order valence-corrected chi connectivity index (χ0v) is 13.2. The molecule has 2 fully saturated rings. The van der Waals surface area contributed by atoms with Crippen LogP contribution >= 0.6 is 0 Å². The fraction of sp³-hybridized carbons (Fsp3) is 0.444. The van der Waals surface area contributed by atoms with Gasteiger partial charge in [0.05, 0.1) is 38.0 Å². The third-order valence-corrected chi connectivity index (χ3v) is 3.99. The third kappa shape index (κ3) is 3.58. The molecule has 1 saturated carbocycles. The van der Waals surface area contributed by atoms with Crippen molar-refractivity contribution in [2.75, 3.05) is 19.8 Å². The molecule has 124 valence electrons. The second kappa shape index (κ2) is 6.63. The molecule has 1 aromatic carbocycles. The molecule has 2 aliphatic rings. The Hall–Kier alpha value is -2.36. The maximum atomic E-state index is 12.0. The second-order valence-corrected chi connectivity index (χ2v) is 6.04. The average molecular weight is 326 g/mol. The Kier molecular flexibility index (Phi) is 4.20. The summed E-state index contributed by atoms with van der Waals surface area (Å²) >= 11 is 0. The van der Waals surface area contributed by atoms with E-state index in [1.165, 1.54) is 17.5 Å². The summed E-state index contributed by atoms with van der Waals surface area (Å²) in [4.78, 5) is 12.0. The van der Waals surface area contributed by atoms with Crippen molar-refractivity contribution in [3.63, 3.8) is 0 Å². The quantitative estimate of drug-likeness (QED) is 0.801. The van der Waals surface area contributed by atoms with Crippen molar-refractivity contribution >= 4 is 0 Å². The van der Waals surface area contributed by atoms with Gasteiger partial charge in [-0.15, -0.1) is 5.10 Å². The highest BCUT2D eigenvalue weighted by Crippen LogP contribution is 2.27. The Balaban J connectivity index is 1.49. The van der Waals surface area contributed by atoms with Crippen molar-refractivity contribution in [3.05, 3.63) is 46.3 Å². The molecule has 0 spiro atoms. The van der Waals surface area contributed by atoms with Crippen LogP contribution in [0.5, 0.6) is 0 Å². The fourth-order valence-electron chi connectivity index (χ4n) is 2.51. The summed E-state index contributed by atoms with van der Waals surface area (Å²) in [6.45, 7) is 1.65. The van der Waals surface area contributed by atoms with Crippen molar-refractivity contribution in [2.45, 2.75) is 25.4 Å². The number of hydrogen-bond donors (Lipinski definition) is 0. The molecule has 6 nitrogen and oxygen atoms in total. The van der Waals surface area contributed by atoms with Gasteiger partial charge in [0.25, 0.3) is 0 Å². The van der Waals surface area contributed by atoms with Crippen LogP contribution in [-0.4, -0.2) is 35.7 Å². The molecule has 1 unspecified atom stereocenters. The van der Waals surface area contributed by atoms with Gasteiger partial charge in [-0.3, -0.25) is 0 Å². The molecule has 1 aliphatic carbocycles. The van der Waals surface area contributed by atoms with Crippen molar-refractivity contribution in [2.24, 2.45) is 5.92 Å². The minimum absolute atomic E-state index is 0.120. The molecule has 0 radical (unpaired) electrons. The van der Waals surface area contributed by atoms with E-state index >= 15 is 0 Å². The predicted molar refractivity (Wildman–Crippen MR) is 86.0 cm³/mol. The third-order valence-electron chi connectivity index (χ3n) is 3.99. The van der Waals surface area contributed by atoms with E-state index in [9.17, 15) is 4.79 Å². The molecule has 0 N–H and O–H groups in total. The summed E-state index contributed by atoms with van der Waals surface area (Å²) in [6, 6.07) is 7.43. The zero-order valence-electron chi connectivity index (χ0n) is 13.2. The van der Waals surface area contributed by atoms with Crippen LogP contribution in [0.4, 0.5) is 0 Å². The van der Waals surface area contributed by atoms with E-state index in [2.05, 4.69) is 16.9 Å². The highest BCUT2D eigenvalue weighted by atomic mass is 16.6. The van der Waals surface area contributed by atoms with Crippen LogP contribution in [0.2, 0.25) is 0 Å². The van der Waals surface area contributed by atoms with Gasteiger partial charge in [-0.05, 0) is 37.1 Å². The second-order valence-electron chi connectivity index (χ2n) is 6.04. The number of rotatable bonds is 3. The molecule has 1 aromatic heterocycles. The number of ether oxygens (including phenoxy) is 2. The van der Waals surface area contributed by atoms with Gasteiger partial charge in [-0.1, -0.05) is 11.8 Å². The van der Waals surface area contributed by atoms with E-state index in [1.807, 2.05) is 24.3 Å². The van der Waals surface area contributed by atoms with Gasteiger partial charge in [-0.2, -0.15) is 4.68 Å². The average Bonchev–Trinajstić information content (AvgIpc) is 3.37. The van der Waals surface area contributed by atoms with Crippen LogP contribution in [-0.2, 0) is 15.9 Å². The number of hydrogen-bond acceptors (Lipinski definition) is 5. The monoisotopic (exact) mass is 326 g/mol. The first-order valence-electron chi connectivity index (χ1n) is 8.18. The van der Waals surface area contributed by atoms with Crippen LogP contribution in [0.1, 0.15) is 24.3 Å². The lowest BCUT2D eigenvalue weighted by Gasteiger charge is -2.21. The molecule has 2 heterocycles. The first-order chi connectivity index (χ1) is 11.8. The minimum Gasteiger partial charge on any atom is -0.392 e. The summed E-state index contributed by atoms with van der Waals surface area (Å²) in [5.41, 5.74) is 1.60. The molecular formula is C18H18N2O4. The Labute approximate surface area is 139 Å². The first-order valence-corrected chi connectivity index (χ1v) is 8.18. The van der Waals surface area contributed by atoms with Crippen LogP contribution in [0.15, 0.2) is 33.5 Å². The van der Waals surface area contributed by atoms with Crippen molar-refractivity contribution < 1.29 is 13.9 Å². The van der Waals surface area contributed by atoms with E-state index < -0.39 is 5.76 Å². The number of benzene rings is 1. The molecule has 0 amide bonds. The van der Waals surface area contributed by atoms with Gasteiger partial charge in [-0.25, -0.2) is 4.79 Å². The lowest BCUT2D eigenvalue weighted by atomic mass is 10.2. The molecule has 1 saturated heterocycles. The highest BCUT2D eigenvalue weighted by Gasteiger charge is 2.20. The van der Waals surface area contributed by atoms with Crippen LogP contribution < -0.4 is 5.76 Å². The first kappa shape index (κ1) is 15.2. The largest absolute Gasteiger partial charge is 0.441 e. The van der Waals surface area contributed by atoms with Crippen LogP contribution in [0.25, 0.3) is 5.69 Å². The number of nitrogens with zero attached hydrogens (tertiary/aromatic N) is 2. The summed E-state index contributed by atoms with van der Waals surface area (Å²) in [5.74, 6) is 6.78. The van der Waals surface area contributed by atoms with Crippen LogP contribution in [0, 0.1) is 17.8 Å². The summed E-state index contributed by atoms with van der Waals surface area (Å²) < 4.78 is 17.4. The molecule has 4 rings (SSSR count). The number of aromatic nitrogens is 2. The SMILES string of the molecule is O=c1oc(CC2COCCO2)nn1-c1ccc(C#CC2CC2)cc1. The Morgan fingerprint density at radius 1 is 1.21 bits per heavy atom. The van der Waals surface area contributed by atoms with Gasteiger partial charge in [0, 0.05) is 11.5 Å². The molecule has 2 aromatic rings. The van der Waals surface area contributed by atoms with Gasteiger partial charge in [0.2, 0.25) is 5.89 Å². The topological polar surface area (TPSA) is 66.5 Å². The lowest BCUT2D eigenvalue weighted by molar-refractivity contribution is -0.0891. The predicted octanol–water partition coefficient (Wildman–Crippen LogP) is 1.54. The maximum absolute atomic E-state index is 12.0. The fourth-order valence-corrected chi connectivity index (χ4v) is 2.51. The van der Waals surface area contributed by atoms with E-state index in [1.54, 1.807) is 0 Å². The standard InChI is InChI=1S/C18H18N2O4/c21-18-20(19-17(24-18)11-16-12-22-9-10-23-16)15-7-5-14(6-8-15)4-3-13-1-2-13/h5-8,13,16H,1-2,9-12H2. The molecular weight excluding hydrogens is 308 g/mol. The van der Waals surface area contributed by atoms with Crippen molar-refractivity contribution in [1.82, 2.24) is 9.78 Å². The normalized spacial score (nSPS) is 20.4. The zero-order chi connectivity index (χ0) is 16.4. The minimum atomic E-state index is -0.501. The Morgan fingerprint density at radius 3 is 2.75 bits per heavy atom. The van der Waals surface area contributed by atoms with Gasteiger partial charge >= 0.3 is 5.76 Å². The maximum Gasteiger partial charge on any atom is 0.441 e. The van der Waals surface area contributed by atoms with Crippen molar-refractivity contribution in [1.29, 1.82) is 0 Å². The summed E-state index contributed by atoms with van der Waals surface area (Å²) in [7, 11) is 0. The van der Waals surface area contributed by atoms with E-state index in [-0.39, 0.29) is 6.10 Å². The van der Waals surface area contributed by atoms with Gasteiger partial charge < -0.3 is 13.9 Å². The Morgan fingerprint density at radius 2 is 2.04 bits per heavy atom. The van der Waals surface area contributed by atoms with E-state index in [4.69, 9.17) is 13.9 Å². The Bertz CT molecular complexity index is 815. The molecule has 24 heavy (non-hydrogen) atoms. The molecule has 1 aliphatic heterocycles. The van der Waals surface area contributed by atoms with Crippen LogP contribution in [0.3, 0.4) is 0 Å². The smallest absolute Gasteiger partial charge is 0.392 e. The van der Waals surface area contributed by atoms with E-state index in [0.29, 0.717) is 43.7 Å². The van der Waals surface area contributed by atoms with E-state index in [0.717, 1.165) is 5.56 Å². The summed E-state index contributed by atoms with van der Waals surface area (Å²) in [6.07, 6.45) is 2.72. The van der Waals surface area contributed by atoms with Gasteiger partial charge in [0.1, 0.15) is 0 Å². The molecule has 0 bridgehead atoms. The molecule has 1 atom stereocenters. The summed E-state index contributed by atoms with van der Waals surface area (Å²) in [5, 5.41) is 4.25. The van der Waals surface area contributed by atoms with Gasteiger partial charge in [0.15, 0.2) is 0 Å².